The highest BCUT2D eigenvalue weighted by molar-refractivity contribution is 6.48. The molecule has 15 nitrogen and oxygen atoms in total. The van der Waals surface area contributed by atoms with Gasteiger partial charge < -0.3 is 58.4 Å². The predicted molar refractivity (Wildman–Crippen MR) is 289 cm³/mol. The van der Waals surface area contributed by atoms with Crippen molar-refractivity contribution in [3.63, 3.8) is 0 Å². The Kier molecular flexibility index (Phi) is 13.9. The van der Waals surface area contributed by atoms with Gasteiger partial charge in [0, 0.05) is 30.4 Å². The van der Waals surface area contributed by atoms with Gasteiger partial charge in [-0.25, -0.2) is 14.4 Å². The fourth-order valence-electron chi connectivity index (χ4n) is 15.1. The van der Waals surface area contributed by atoms with E-state index in [4.69, 9.17) is 32.2 Å². The largest absolute Gasteiger partial charge is 0.482 e. The summed E-state index contributed by atoms with van der Waals surface area (Å²) in [5.41, 5.74) is 2.99. The van der Waals surface area contributed by atoms with Gasteiger partial charge in [0.2, 0.25) is 0 Å². The normalized spacial score (nSPS) is 31.9. The maximum atomic E-state index is 13.3. The summed E-state index contributed by atoms with van der Waals surface area (Å²) in [5, 5.41) is 14.6. The fraction of sp³-hybridized carbons (Fsp3) is 0.672. The lowest BCUT2D eigenvalue weighted by Crippen LogP contribution is -2.65. The third-order valence-corrected chi connectivity index (χ3v) is 19.8. The van der Waals surface area contributed by atoms with Crippen LogP contribution in [0, 0.1) is 40.4 Å². The van der Waals surface area contributed by atoms with E-state index in [0.717, 1.165) is 71.7 Å². The molecule has 75 heavy (non-hydrogen) atoms. The first kappa shape index (κ1) is 52.4. The number of carbonyl (C=O) groups excluding carboxylic acids is 3. The fourth-order valence-corrected chi connectivity index (χ4v) is 15.1. The number of hydrogen-bond acceptors (Lipinski definition) is 10. The second-order valence-electron chi connectivity index (χ2n) is 26.1. The van der Waals surface area contributed by atoms with Crippen molar-refractivity contribution >= 4 is 54.3 Å². The van der Waals surface area contributed by atoms with Crippen molar-refractivity contribution in [3.05, 3.63) is 72.2 Å². The summed E-state index contributed by atoms with van der Waals surface area (Å²) >= 11 is 0. The van der Waals surface area contributed by atoms with Crippen LogP contribution in [0.4, 0.5) is 14.4 Å². The quantitative estimate of drug-likeness (QED) is 0.100. The molecule has 7 saturated carbocycles. The van der Waals surface area contributed by atoms with Crippen LogP contribution in [-0.4, -0.2) is 104 Å². The molecular weight excluding hydrogens is 948 g/mol. The lowest BCUT2D eigenvalue weighted by Gasteiger charge is -2.64. The third-order valence-electron chi connectivity index (χ3n) is 19.8. The van der Waals surface area contributed by atoms with E-state index in [2.05, 4.69) is 68.9 Å². The third kappa shape index (κ3) is 9.98. The van der Waals surface area contributed by atoms with Crippen molar-refractivity contribution < 1.29 is 46.6 Å². The summed E-state index contributed by atoms with van der Waals surface area (Å²) < 4.78 is 43.9. The molecule has 7 aliphatic carbocycles. The molecule has 4 aromatic rings. The number of ether oxygens (including phenoxy) is 1. The Hall–Kier alpha value is -4.70. The number of benzene rings is 2. The van der Waals surface area contributed by atoms with Gasteiger partial charge in [-0.05, 0) is 163 Å². The highest BCUT2D eigenvalue weighted by Crippen LogP contribution is 2.67. The van der Waals surface area contributed by atoms with Crippen molar-refractivity contribution in [2.75, 3.05) is 19.6 Å². The number of rotatable bonds is 12. The standard InChI is InChI=1S/C31H44BN3O6.C27H37BN2O4/c1-29(2,3)39-28(37)35-13-9-10-21(35)17-33-27(36)34-26(14-19-18-38-23-12-8-7-11-22(19)23)32-40-25-16-20-15-24(30(20,4)5)31(25,6)41-32;1-26(2)19-13-22(26)27(3)23(14-19)33-28(34-27)24(30-25(31)29-15-17-8-4-5-9-17)12-18-16-32-21-11-7-6-10-20(18)21/h7-8,11-12,18,20-21,24-26H,9-10,13-17H2,1-6H3,(H2,33,34,36);6-7,10-11,16-17,19,22-24H,4-5,8-9,12-15H2,1-3H3,(H2,29,30,31)/t20-,21+,24-,25+,26-,31-;19-,22-,23+,24-,27-/m00/s1. The molecule has 11 atom stereocenters. The number of nitrogens with zero attached hydrogens (tertiary/aromatic N) is 1. The Bertz CT molecular complexity index is 2730. The zero-order chi connectivity index (χ0) is 52.7. The summed E-state index contributed by atoms with van der Waals surface area (Å²) in [6.45, 7) is 21.1. The van der Waals surface area contributed by atoms with Gasteiger partial charge in [0.25, 0.3) is 0 Å². The molecule has 0 radical (unpaired) electrons. The maximum absolute atomic E-state index is 13.3. The molecule has 10 fully saturated rings. The second-order valence-corrected chi connectivity index (χ2v) is 26.1. The van der Waals surface area contributed by atoms with Crippen molar-refractivity contribution in [2.45, 2.75) is 186 Å². The van der Waals surface area contributed by atoms with Crippen LogP contribution in [0.3, 0.4) is 0 Å². The first-order valence-corrected chi connectivity index (χ1v) is 28.3. The Morgan fingerprint density at radius 1 is 0.667 bits per heavy atom. The van der Waals surface area contributed by atoms with Gasteiger partial charge in [0.15, 0.2) is 0 Å². The van der Waals surface area contributed by atoms with Gasteiger partial charge in [-0.2, -0.15) is 0 Å². The summed E-state index contributed by atoms with van der Waals surface area (Å²) in [6.07, 6.45) is 15.5. The van der Waals surface area contributed by atoms with Crippen LogP contribution >= 0.6 is 0 Å². The Morgan fingerprint density at radius 2 is 1.15 bits per heavy atom. The molecule has 4 bridgehead atoms. The molecule has 17 heteroatoms. The van der Waals surface area contributed by atoms with Gasteiger partial charge >= 0.3 is 32.4 Å². The van der Waals surface area contributed by atoms with E-state index < -0.39 is 25.8 Å². The van der Waals surface area contributed by atoms with Gasteiger partial charge in [-0.1, -0.05) is 76.9 Å². The van der Waals surface area contributed by atoms with Crippen LogP contribution in [0.15, 0.2) is 69.9 Å². The first-order valence-electron chi connectivity index (χ1n) is 28.3. The minimum absolute atomic E-state index is 0.0126. The molecule has 10 aliphatic rings. The summed E-state index contributed by atoms with van der Waals surface area (Å²) in [4.78, 5) is 40.8. The Morgan fingerprint density at radius 3 is 1.63 bits per heavy atom. The Labute approximate surface area is 444 Å². The molecule has 5 amide bonds. The van der Waals surface area contributed by atoms with E-state index in [1.807, 2.05) is 63.2 Å². The number of fused-ring (bicyclic) bond motifs is 2. The molecule has 4 N–H and O–H groups in total. The maximum Gasteiger partial charge on any atom is 0.482 e. The zero-order valence-electron chi connectivity index (χ0n) is 45.8. The van der Waals surface area contributed by atoms with E-state index in [0.29, 0.717) is 55.5 Å². The molecule has 3 saturated heterocycles. The molecule has 3 aliphatic heterocycles. The summed E-state index contributed by atoms with van der Waals surface area (Å²) in [7, 11) is -1.06. The topological polar surface area (TPSA) is 175 Å². The minimum Gasteiger partial charge on any atom is -0.464 e. The van der Waals surface area contributed by atoms with Gasteiger partial charge in [-0.3, -0.25) is 0 Å². The number of furan rings is 2. The molecule has 2 aromatic heterocycles. The highest BCUT2D eigenvalue weighted by atomic mass is 16.7. The number of likely N-dealkylation sites (tertiary alicyclic amines) is 1. The van der Waals surface area contributed by atoms with Gasteiger partial charge in [0.1, 0.15) is 16.8 Å². The van der Waals surface area contributed by atoms with Crippen LogP contribution in [0.2, 0.25) is 0 Å². The summed E-state index contributed by atoms with van der Waals surface area (Å²) in [5.74, 6) is 2.11. The van der Waals surface area contributed by atoms with Crippen LogP contribution < -0.4 is 21.3 Å². The lowest BCUT2D eigenvalue weighted by molar-refractivity contribution is -0.199. The molecule has 2 aromatic carbocycles. The second kappa shape index (κ2) is 19.9. The predicted octanol–water partition coefficient (Wildman–Crippen LogP) is 10.4. The lowest BCUT2D eigenvalue weighted by atomic mass is 9.43. The van der Waals surface area contributed by atoms with Crippen LogP contribution in [0.5, 0.6) is 0 Å². The van der Waals surface area contributed by atoms with E-state index in [1.54, 1.807) is 17.4 Å². The van der Waals surface area contributed by atoms with Crippen molar-refractivity contribution in [1.29, 1.82) is 0 Å². The van der Waals surface area contributed by atoms with Crippen molar-refractivity contribution in [3.8, 4) is 0 Å². The van der Waals surface area contributed by atoms with Crippen molar-refractivity contribution in [2.24, 2.45) is 40.4 Å². The molecule has 14 rings (SSSR count). The number of nitrogens with one attached hydrogen (secondary N) is 4. The van der Waals surface area contributed by atoms with E-state index >= 15 is 0 Å². The van der Waals surface area contributed by atoms with E-state index in [9.17, 15) is 14.4 Å². The van der Waals surface area contributed by atoms with Crippen LogP contribution in [0.1, 0.15) is 138 Å². The SMILES string of the molecule is CC(C)(C)OC(=O)N1CCC[C@@H]1CNC(=O)N[C@@H](Cc1coc2ccccc12)B1O[C@@H]2C[C@@H]3C[C@@H](C3(C)C)[C@]2(C)O1.CC1(C)[C@@H]2C[C@H]3OB([C@H](Cc4coc5ccccc45)NC(=O)NCC4CCCC4)O[C@@]3(C)[C@H]1C2. The summed E-state index contributed by atoms with van der Waals surface area (Å²) in [6, 6.07) is 15.4. The average Bonchev–Trinajstić information content (AvgIpc) is 4.24. The van der Waals surface area contributed by atoms with Gasteiger partial charge in [0.05, 0.1) is 53.9 Å². The zero-order valence-corrected chi connectivity index (χ0v) is 45.8. The number of hydrogen-bond donors (Lipinski definition) is 4. The van der Waals surface area contributed by atoms with Crippen LogP contribution in [-0.2, 0) is 36.2 Å². The molecule has 404 valence electrons. The Balaban J connectivity index is 0.000000163. The van der Waals surface area contributed by atoms with E-state index in [-0.39, 0.29) is 64.4 Å². The average molecular weight is 1030 g/mol. The monoisotopic (exact) mass is 1030 g/mol. The number of para-hydroxylation sites is 2. The smallest absolute Gasteiger partial charge is 0.464 e. The van der Waals surface area contributed by atoms with Crippen molar-refractivity contribution in [1.82, 2.24) is 26.2 Å². The molecular formula is C58H81B2N5O10. The van der Waals surface area contributed by atoms with E-state index in [1.165, 1.54) is 32.1 Å². The number of amides is 5. The number of carbonyl (C=O) groups is 3. The molecule has 0 unspecified atom stereocenters. The number of urea groups is 2. The highest BCUT2D eigenvalue weighted by Gasteiger charge is 2.70. The van der Waals surface area contributed by atoms with Gasteiger partial charge in [-0.15, -0.1) is 0 Å². The first-order chi connectivity index (χ1) is 35.7. The molecule has 5 heterocycles. The van der Waals surface area contributed by atoms with Crippen LogP contribution in [0.25, 0.3) is 21.9 Å². The minimum atomic E-state index is -0.579. The molecule has 0 spiro atoms.